The van der Waals surface area contributed by atoms with Crippen LogP contribution in [-0.2, 0) is 9.84 Å². The average Bonchev–Trinajstić information content (AvgIpc) is 2.41. The van der Waals surface area contributed by atoms with Crippen LogP contribution in [0.3, 0.4) is 0 Å². The Labute approximate surface area is 135 Å². The van der Waals surface area contributed by atoms with E-state index in [4.69, 9.17) is 0 Å². The molecule has 0 radical (unpaired) electrons. The fraction of sp³-hybridized carbons (Fsp3) is 0.600. The lowest BCUT2D eigenvalue weighted by Gasteiger charge is -2.19. The van der Waals surface area contributed by atoms with Crippen molar-refractivity contribution < 1.29 is 12.8 Å². The molecule has 0 aliphatic heterocycles. The van der Waals surface area contributed by atoms with Gasteiger partial charge in [-0.05, 0) is 49.6 Å². The molecule has 120 valence electrons. The predicted octanol–water partition coefficient (Wildman–Crippen LogP) is 3.84. The molecule has 0 bridgehead atoms. The summed E-state index contributed by atoms with van der Waals surface area (Å²) in [5.41, 5.74) is 0.851. The Bertz CT molecular complexity index is 528. The lowest BCUT2D eigenvalue weighted by atomic mass is 10.0. The summed E-state index contributed by atoms with van der Waals surface area (Å²) in [6.07, 6.45) is 2.22. The monoisotopic (exact) mass is 379 g/mol. The predicted molar refractivity (Wildman–Crippen MR) is 88.7 cm³/mol. The van der Waals surface area contributed by atoms with E-state index in [9.17, 15) is 12.8 Å². The van der Waals surface area contributed by atoms with Crippen LogP contribution in [0.5, 0.6) is 0 Å². The Hall–Kier alpha value is -0.460. The van der Waals surface area contributed by atoms with Gasteiger partial charge in [0.15, 0.2) is 0 Å². The van der Waals surface area contributed by atoms with Crippen LogP contribution >= 0.6 is 15.9 Å². The van der Waals surface area contributed by atoms with Gasteiger partial charge in [-0.3, -0.25) is 0 Å². The van der Waals surface area contributed by atoms with Crippen molar-refractivity contribution in [2.24, 2.45) is 0 Å². The van der Waals surface area contributed by atoms with Crippen LogP contribution in [0.2, 0.25) is 0 Å². The van der Waals surface area contributed by atoms with Crippen LogP contribution in [0, 0.1) is 5.82 Å². The van der Waals surface area contributed by atoms with Crippen LogP contribution < -0.4 is 5.32 Å². The normalized spacial score (nSPS) is 13.3. The molecular weight excluding hydrogens is 357 g/mol. The third-order valence-electron chi connectivity index (χ3n) is 3.32. The molecule has 1 atom stereocenters. The number of hydrogen-bond donors (Lipinski definition) is 1. The van der Waals surface area contributed by atoms with Gasteiger partial charge >= 0.3 is 0 Å². The zero-order valence-electron chi connectivity index (χ0n) is 12.5. The molecule has 0 fully saturated rings. The molecule has 0 amide bonds. The number of halogens is 2. The Morgan fingerprint density at radius 3 is 2.57 bits per heavy atom. The second-order valence-electron chi connectivity index (χ2n) is 5.09. The van der Waals surface area contributed by atoms with E-state index in [1.165, 1.54) is 12.1 Å². The molecule has 0 heterocycles. The highest BCUT2D eigenvalue weighted by Gasteiger charge is 2.14. The van der Waals surface area contributed by atoms with Crippen LogP contribution in [-0.4, -0.2) is 26.5 Å². The number of nitrogens with one attached hydrogen (secondary N) is 1. The zero-order chi connectivity index (χ0) is 15.9. The van der Waals surface area contributed by atoms with E-state index < -0.39 is 9.84 Å². The summed E-state index contributed by atoms with van der Waals surface area (Å²) in [6.45, 7) is 4.54. The molecule has 3 nitrogen and oxygen atoms in total. The summed E-state index contributed by atoms with van der Waals surface area (Å²) in [6, 6.07) is 4.78. The quantitative estimate of drug-likeness (QED) is 0.708. The maximum absolute atomic E-state index is 13.5. The Morgan fingerprint density at radius 2 is 2.00 bits per heavy atom. The third-order valence-corrected chi connectivity index (χ3v) is 5.56. The molecule has 1 unspecified atom stereocenters. The molecule has 1 aromatic rings. The van der Waals surface area contributed by atoms with Crippen LogP contribution in [0.1, 0.15) is 44.7 Å². The van der Waals surface area contributed by atoms with Crippen molar-refractivity contribution >= 4 is 25.8 Å². The molecular formula is C15H23BrFNO2S. The molecule has 0 aliphatic carbocycles. The smallest absolute Gasteiger partial charge is 0.150 e. The van der Waals surface area contributed by atoms with Crippen molar-refractivity contribution in [2.75, 3.05) is 18.1 Å². The van der Waals surface area contributed by atoms with Crippen LogP contribution in [0.25, 0.3) is 0 Å². The fourth-order valence-electron chi connectivity index (χ4n) is 2.13. The maximum Gasteiger partial charge on any atom is 0.150 e. The Morgan fingerprint density at radius 1 is 1.29 bits per heavy atom. The summed E-state index contributed by atoms with van der Waals surface area (Å²) in [5.74, 6) is 0.0689. The van der Waals surface area contributed by atoms with E-state index in [-0.39, 0.29) is 23.4 Å². The minimum absolute atomic E-state index is 0.0241. The van der Waals surface area contributed by atoms with Gasteiger partial charge in [-0.2, -0.15) is 0 Å². The minimum atomic E-state index is -2.95. The van der Waals surface area contributed by atoms with Gasteiger partial charge in [0, 0.05) is 16.3 Å². The molecule has 0 saturated carbocycles. The van der Waals surface area contributed by atoms with Crippen molar-refractivity contribution in [3.8, 4) is 0 Å². The van der Waals surface area contributed by atoms with E-state index in [0.717, 1.165) is 18.5 Å². The molecule has 1 aromatic carbocycles. The second-order valence-corrected chi connectivity index (χ2v) is 8.48. The number of sulfone groups is 1. The molecule has 0 spiro atoms. The van der Waals surface area contributed by atoms with E-state index in [0.29, 0.717) is 17.3 Å². The first-order chi connectivity index (χ1) is 9.88. The first-order valence-electron chi connectivity index (χ1n) is 7.27. The Balaban J connectivity index is 2.75. The summed E-state index contributed by atoms with van der Waals surface area (Å²) in [4.78, 5) is 0. The van der Waals surface area contributed by atoms with Crippen molar-refractivity contribution in [1.29, 1.82) is 0 Å². The summed E-state index contributed by atoms with van der Waals surface area (Å²) in [7, 11) is -2.95. The van der Waals surface area contributed by atoms with Crippen molar-refractivity contribution in [3.05, 3.63) is 34.1 Å². The van der Waals surface area contributed by atoms with Gasteiger partial charge in [-0.25, -0.2) is 12.8 Å². The van der Waals surface area contributed by atoms with Gasteiger partial charge in [0.2, 0.25) is 0 Å². The van der Waals surface area contributed by atoms with E-state index in [1.54, 1.807) is 6.92 Å². The Kier molecular flexibility index (Phi) is 7.84. The lowest BCUT2D eigenvalue weighted by Crippen LogP contribution is -2.23. The van der Waals surface area contributed by atoms with Gasteiger partial charge in [0.05, 0.1) is 5.75 Å². The van der Waals surface area contributed by atoms with Crippen molar-refractivity contribution in [1.82, 2.24) is 5.32 Å². The van der Waals surface area contributed by atoms with Gasteiger partial charge in [0.25, 0.3) is 0 Å². The maximum atomic E-state index is 13.5. The molecule has 0 saturated heterocycles. The third kappa shape index (κ3) is 6.89. The number of benzene rings is 1. The summed E-state index contributed by atoms with van der Waals surface area (Å²) >= 11 is 3.30. The average molecular weight is 380 g/mol. The molecule has 0 aromatic heterocycles. The van der Waals surface area contributed by atoms with Gasteiger partial charge in [0.1, 0.15) is 15.7 Å². The van der Waals surface area contributed by atoms with E-state index in [2.05, 4.69) is 28.2 Å². The minimum Gasteiger partial charge on any atom is -0.310 e. The SMILES string of the molecule is CCCNC(CCCS(=O)(=O)CC)c1cc(F)cc(Br)c1. The molecule has 1 rings (SSSR count). The number of hydrogen-bond acceptors (Lipinski definition) is 3. The van der Waals surface area contributed by atoms with Crippen molar-refractivity contribution in [2.45, 2.75) is 39.2 Å². The standard InChI is InChI=1S/C15H23BrFNO2S/c1-3-7-18-15(6-5-8-21(19,20)4-2)12-9-13(16)11-14(17)10-12/h9-11,15,18H,3-8H2,1-2H3. The highest BCUT2D eigenvalue weighted by atomic mass is 79.9. The topological polar surface area (TPSA) is 46.2 Å². The second kappa shape index (κ2) is 8.86. The largest absolute Gasteiger partial charge is 0.310 e. The molecule has 0 aliphatic rings. The summed E-state index contributed by atoms with van der Waals surface area (Å²) in [5, 5.41) is 3.36. The molecule has 1 N–H and O–H groups in total. The van der Waals surface area contributed by atoms with Crippen LogP contribution in [0.15, 0.2) is 22.7 Å². The molecule has 21 heavy (non-hydrogen) atoms. The highest BCUT2D eigenvalue weighted by Crippen LogP contribution is 2.24. The van der Waals surface area contributed by atoms with Gasteiger partial charge in [-0.1, -0.05) is 29.8 Å². The van der Waals surface area contributed by atoms with Crippen molar-refractivity contribution in [3.63, 3.8) is 0 Å². The highest BCUT2D eigenvalue weighted by molar-refractivity contribution is 9.10. The van der Waals surface area contributed by atoms with Gasteiger partial charge in [-0.15, -0.1) is 0 Å². The van der Waals surface area contributed by atoms with E-state index in [1.807, 2.05) is 6.07 Å². The lowest BCUT2D eigenvalue weighted by molar-refractivity contribution is 0.488. The van der Waals surface area contributed by atoms with Gasteiger partial charge < -0.3 is 5.32 Å². The first-order valence-corrected chi connectivity index (χ1v) is 9.89. The summed E-state index contributed by atoms with van der Waals surface area (Å²) < 4.78 is 37.3. The molecule has 6 heteroatoms. The first kappa shape index (κ1) is 18.6. The fourth-order valence-corrected chi connectivity index (χ4v) is 3.51. The van der Waals surface area contributed by atoms with E-state index >= 15 is 0 Å². The number of rotatable bonds is 9. The zero-order valence-corrected chi connectivity index (χ0v) is 14.9. The van der Waals surface area contributed by atoms with Crippen LogP contribution in [0.4, 0.5) is 4.39 Å².